The summed E-state index contributed by atoms with van der Waals surface area (Å²) in [5.41, 5.74) is 1.49. The highest BCUT2D eigenvalue weighted by molar-refractivity contribution is 6.30. The molecule has 1 aliphatic heterocycles. The van der Waals surface area contributed by atoms with Gasteiger partial charge in [-0.2, -0.15) is 4.98 Å². The van der Waals surface area contributed by atoms with E-state index in [1.54, 1.807) is 18.1 Å². The maximum Gasteiger partial charge on any atom is 0.279 e. The molecule has 10 nitrogen and oxygen atoms in total. The molecule has 4 rings (SSSR count). The second kappa shape index (κ2) is 7.94. The van der Waals surface area contributed by atoms with Gasteiger partial charge >= 0.3 is 0 Å². The Morgan fingerprint density at radius 2 is 1.94 bits per heavy atom. The molecule has 11 heteroatoms. The van der Waals surface area contributed by atoms with E-state index in [0.717, 1.165) is 0 Å². The van der Waals surface area contributed by atoms with Crippen molar-refractivity contribution in [3.05, 3.63) is 45.2 Å². The van der Waals surface area contributed by atoms with E-state index in [1.807, 2.05) is 32.5 Å². The van der Waals surface area contributed by atoms with Crippen LogP contribution in [0.5, 0.6) is 5.88 Å². The predicted molar refractivity (Wildman–Crippen MR) is 122 cm³/mol. The molecule has 0 aliphatic carbocycles. The molecule has 0 saturated heterocycles. The van der Waals surface area contributed by atoms with E-state index in [1.165, 1.54) is 28.8 Å². The number of anilines is 2. The quantitative estimate of drug-likeness (QED) is 0.580. The van der Waals surface area contributed by atoms with Crippen molar-refractivity contribution in [2.45, 2.75) is 26.4 Å². The summed E-state index contributed by atoms with van der Waals surface area (Å²) in [5, 5.41) is 0.370. The zero-order valence-corrected chi connectivity index (χ0v) is 19.5. The van der Waals surface area contributed by atoms with E-state index < -0.39 is 0 Å². The number of aromatic nitrogens is 5. The second-order valence-corrected chi connectivity index (χ2v) is 8.47. The second-order valence-electron chi connectivity index (χ2n) is 8.03. The fourth-order valence-corrected chi connectivity index (χ4v) is 4.06. The lowest BCUT2D eigenvalue weighted by atomic mass is 10.2. The summed E-state index contributed by atoms with van der Waals surface area (Å²) >= 11 is 6.14. The molecule has 1 amide bonds. The largest absolute Gasteiger partial charge is 0.480 e. The zero-order chi connectivity index (χ0) is 23.3. The number of hydrogen-bond acceptors (Lipinski definition) is 7. The number of imidazole rings is 1. The van der Waals surface area contributed by atoms with Crippen LogP contribution in [0.4, 0.5) is 11.6 Å². The van der Waals surface area contributed by atoms with Crippen molar-refractivity contribution in [1.82, 2.24) is 24.1 Å². The maximum atomic E-state index is 13.3. The van der Waals surface area contributed by atoms with Gasteiger partial charge in [0.25, 0.3) is 11.5 Å². The summed E-state index contributed by atoms with van der Waals surface area (Å²) in [6, 6.07) is 1.49. The van der Waals surface area contributed by atoms with Gasteiger partial charge in [-0.05, 0) is 19.9 Å². The van der Waals surface area contributed by atoms with Crippen LogP contribution < -0.4 is 20.1 Å². The van der Waals surface area contributed by atoms with E-state index in [0.29, 0.717) is 33.9 Å². The van der Waals surface area contributed by atoms with Crippen LogP contribution in [0.1, 0.15) is 36.1 Å². The standard InChI is InChI=1S/C21H24ClN7O3/c1-11(2)29-15-10-28(14-7-12(22)9-27(5)19(14)30)20(31)16(15)24-17(29)13-8-23-21(26(3)4)25-18(13)32-6/h7-9,11H,10H2,1-6H3. The molecular weight excluding hydrogens is 434 g/mol. The minimum Gasteiger partial charge on any atom is -0.480 e. The Hall–Kier alpha value is -3.40. The Balaban J connectivity index is 1.84. The molecule has 0 saturated carbocycles. The molecule has 0 N–H and O–H groups in total. The van der Waals surface area contributed by atoms with Crippen molar-refractivity contribution in [2.24, 2.45) is 7.05 Å². The van der Waals surface area contributed by atoms with Crippen LogP contribution in [-0.2, 0) is 13.6 Å². The molecule has 0 aromatic carbocycles. The smallest absolute Gasteiger partial charge is 0.279 e. The van der Waals surface area contributed by atoms with Gasteiger partial charge in [0.15, 0.2) is 5.69 Å². The third-order valence-corrected chi connectivity index (χ3v) is 5.49. The summed E-state index contributed by atoms with van der Waals surface area (Å²) in [7, 11) is 6.81. The van der Waals surface area contributed by atoms with Gasteiger partial charge in [0.1, 0.15) is 11.5 Å². The number of rotatable bonds is 5. The topological polar surface area (TPSA) is 98.4 Å². The van der Waals surface area contributed by atoms with Gasteiger partial charge in [-0.15, -0.1) is 0 Å². The first-order valence-electron chi connectivity index (χ1n) is 10.0. The summed E-state index contributed by atoms with van der Waals surface area (Å²) in [5.74, 6) is 1.05. The maximum absolute atomic E-state index is 13.3. The first-order chi connectivity index (χ1) is 15.1. The number of methoxy groups -OCH3 is 1. The van der Waals surface area contributed by atoms with Gasteiger partial charge in [-0.1, -0.05) is 11.6 Å². The third kappa shape index (κ3) is 3.40. The summed E-state index contributed by atoms with van der Waals surface area (Å²) in [4.78, 5) is 42.6. The van der Waals surface area contributed by atoms with Crippen LogP contribution in [0.2, 0.25) is 5.02 Å². The van der Waals surface area contributed by atoms with Crippen LogP contribution >= 0.6 is 11.6 Å². The van der Waals surface area contributed by atoms with Crippen LogP contribution in [0.15, 0.2) is 23.3 Å². The average Bonchev–Trinajstić information content (AvgIpc) is 3.26. The minimum atomic E-state index is -0.357. The summed E-state index contributed by atoms with van der Waals surface area (Å²) in [6.07, 6.45) is 3.15. The molecule has 0 spiro atoms. The van der Waals surface area contributed by atoms with Crippen molar-refractivity contribution < 1.29 is 9.53 Å². The Kier molecular flexibility index (Phi) is 5.41. The number of aryl methyl sites for hydroxylation is 1. The van der Waals surface area contributed by atoms with Gasteiger partial charge in [0.05, 0.1) is 29.9 Å². The molecule has 0 unspecified atom stereocenters. The predicted octanol–water partition coefficient (Wildman–Crippen LogP) is 2.51. The number of carbonyl (C=O) groups excluding carboxylic acids is 1. The van der Waals surface area contributed by atoms with Crippen LogP contribution in [0.3, 0.4) is 0 Å². The Labute approximate surface area is 190 Å². The summed E-state index contributed by atoms with van der Waals surface area (Å²) < 4.78 is 8.82. The number of ether oxygens (including phenoxy) is 1. The molecular formula is C21H24ClN7O3. The molecule has 4 heterocycles. The number of carbonyl (C=O) groups is 1. The van der Waals surface area contributed by atoms with Gasteiger partial charge in [-0.3, -0.25) is 14.5 Å². The van der Waals surface area contributed by atoms with E-state index in [2.05, 4.69) is 15.0 Å². The van der Waals surface area contributed by atoms with Gasteiger partial charge in [0.2, 0.25) is 11.8 Å². The van der Waals surface area contributed by atoms with Gasteiger partial charge < -0.3 is 18.8 Å². The lowest BCUT2D eigenvalue weighted by molar-refractivity contribution is 0.0992. The molecule has 1 aliphatic rings. The molecule has 0 fully saturated rings. The van der Waals surface area contributed by atoms with E-state index in [-0.39, 0.29) is 35.4 Å². The fourth-order valence-electron chi connectivity index (χ4n) is 3.81. The zero-order valence-electron chi connectivity index (χ0n) is 18.7. The lowest BCUT2D eigenvalue weighted by Crippen LogP contribution is -2.32. The first-order valence-corrected chi connectivity index (χ1v) is 10.4. The molecule has 0 radical (unpaired) electrons. The first kappa shape index (κ1) is 21.8. The number of pyridine rings is 1. The van der Waals surface area contributed by atoms with Crippen molar-refractivity contribution in [3.63, 3.8) is 0 Å². The van der Waals surface area contributed by atoms with Gasteiger partial charge in [0, 0.05) is 39.6 Å². The number of amides is 1. The Morgan fingerprint density at radius 3 is 2.56 bits per heavy atom. The average molecular weight is 458 g/mol. The molecule has 3 aromatic rings. The number of hydrogen-bond donors (Lipinski definition) is 0. The van der Waals surface area contributed by atoms with Gasteiger partial charge in [-0.25, -0.2) is 9.97 Å². The van der Waals surface area contributed by atoms with Crippen LogP contribution in [0, 0.1) is 0 Å². The molecule has 32 heavy (non-hydrogen) atoms. The van der Waals surface area contributed by atoms with E-state index in [4.69, 9.17) is 16.3 Å². The third-order valence-electron chi connectivity index (χ3n) is 5.28. The fraction of sp³-hybridized carbons (Fsp3) is 0.381. The number of halogens is 1. The van der Waals surface area contributed by atoms with Crippen LogP contribution in [0.25, 0.3) is 11.4 Å². The van der Waals surface area contributed by atoms with E-state index >= 15 is 0 Å². The highest BCUT2D eigenvalue weighted by Crippen LogP contribution is 2.36. The normalized spacial score (nSPS) is 13.1. The van der Waals surface area contributed by atoms with Crippen LogP contribution in [-0.4, -0.2) is 51.2 Å². The molecule has 3 aromatic heterocycles. The minimum absolute atomic E-state index is 0.0191. The Morgan fingerprint density at radius 1 is 1.22 bits per heavy atom. The molecule has 0 atom stereocenters. The summed E-state index contributed by atoms with van der Waals surface area (Å²) in [6.45, 7) is 4.20. The van der Waals surface area contributed by atoms with E-state index in [9.17, 15) is 9.59 Å². The number of fused-ring (bicyclic) bond motifs is 1. The monoisotopic (exact) mass is 457 g/mol. The van der Waals surface area contributed by atoms with Crippen molar-refractivity contribution in [1.29, 1.82) is 0 Å². The highest BCUT2D eigenvalue weighted by Gasteiger charge is 2.38. The van der Waals surface area contributed by atoms with Crippen molar-refractivity contribution >= 4 is 29.1 Å². The molecule has 168 valence electrons. The highest BCUT2D eigenvalue weighted by atomic mass is 35.5. The Bertz CT molecular complexity index is 1280. The SMILES string of the molecule is COc1nc(N(C)C)ncc1-c1nc2c(n1C(C)C)CN(c1cc(Cl)cn(C)c1=O)C2=O. The molecule has 0 bridgehead atoms. The number of nitrogens with zero attached hydrogens (tertiary/aromatic N) is 7. The van der Waals surface area contributed by atoms with Crippen molar-refractivity contribution in [3.8, 4) is 17.3 Å². The van der Waals surface area contributed by atoms with Crippen molar-refractivity contribution in [2.75, 3.05) is 31.0 Å². The lowest BCUT2D eigenvalue weighted by Gasteiger charge is -2.20.